The SMILES string of the molecule is CC(C)(C)[Si](C)(C)N=S(N)(=O)c1ccc(-c2ccccc2O)s1. The third-order valence-corrected chi connectivity index (χ3v) is 13.4. The van der Waals surface area contributed by atoms with Gasteiger partial charge in [-0.15, -0.1) is 11.3 Å². The number of thiophene rings is 1. The van der Waals surface area contributed by atoms with E-state index in [0.717, 1.165) is 4.88 Å². The van der Waals surface area contributed by atoms with Gasteiger partial charge in [-0.25, -0.2) is 9.35 Å². The molecule has 4 nitrogen and oxygen atoms in total. The molecule has 2 aromatic rings. The fraction of sp³-hybridized carbons (Fsp3) is 0.375. The second-order valence-electron chi connectivity index (χ2n) is 7.10. The average Bonchev–Trinajstić information content (AvgIpc) is 2.87. The van der Waals surface area contributed by atoms with Gasteiger partial charge in [0.05, 0.1) is 0 Å². The van der Waals surface area contributed by atoms with Gasteiger partial charge in [-0.1, -0.05) is 32.9 Å². The summed E-state index contributed by atoms with van der Waals surface area (Å²) in [6.45, 7) is 10.5. The molecule has 0 saturated heterocycles. The molecular weight excluding hydrogens is 344 g/mol. The molecule has 0 aliphatic rings. The first-order chi connectivity index (χ1) is 10.4. The molecule has 0 aliphatic heterocycles. The first kappa shape index (κ1) is 18.2. The summed E-state index contributed by atoms with van der Waals surface area (Å²) in [4.78, 5) is 0.835. The highest BCUT2D eigenvalue weighted by Gasteiger charge is 2.37. The van der Waals surface area contributed by atoms with Crippen LogP contribution in [0.3, 0.4) is 0 Å². The van der Waals surface area contributed by atoms with Crippen molar-refractivity contribution in [1.29, 1.82) is 0 Å². The molecule has 1 heterocycles. The van der Waals surface area contributed by atoms with E-state index in [1.807, 2.05) is 18.2 Å². The zero-order chi connectivity index (χ0) is 17.5. The van der Waals surface area contributed by atoms with E-state index in [-0.39, 0.29) is 10.8 Å². The molecular formula is C16H24N2O2S2Si. The lowest BCUT2D eigenvalue weighted by Crippen LogP contribution is -2.37. The zero-order valence-electron chi connectivity index (χ0n) is 14.2. The summed E-state index contributed by atoms with van der Waals surface area (Å²) in [6, 6.07) is 10.7. The largest absolute Gasteiger partial charge is 0.507 e. The predicted molar refractivity (Wildman–Crippen MR) is 102 cm³/mol. The van der Waals surface area contributed by atoms with Crippen molar-refractivity contribution in [3.63, 3.8) is 0 Å². The number of benzene rings is 1. The molecule has 0 aliphatic carbocycles. The van der Waals surface area contributed by atoms with Crippen LogP contribution in [0.25, 0.3) is 10.4 Å². The molecule has 1 atom stereocenters. The van der Waals surface area contributed by atoms with Crippen LogP contribution in [0.5, 0.6) is 5.75 Å². The number of hydrogen-bond donors (Lipinski definition) is 2. The second kappa shape index (κ2) is 6.05. The number of phenolic OH excluding ortho intramolecular Hbond substituents is 1. The Hall–Kier alpha value is -1.15. The second-order valence-corrected chi connectivity index (χ2v) is 15.4. The lowest BCUT2D eigenvalue weighted by atomic mass is 10.2. The minimum absolute atomic E-state index is 0.0210. The van der Waals surface area contributed by atoms with Gasteiger partial charge in [0.15, 0.2) is 8.24 Å². The summed E-state index contributed by atoms with van der Waals surface area (Å²) in [5, 5.41) is 16.0. The standard InChI is InChI=1S/C16H24N2O2S2Si/c1-16(2,3)23(4,5)18-22(17,20)15-11-10-14(21-15)12-8-6-7-9-13(12)19/h6-11,19H,1-5H3,(H2,17,18,20). The maximum Gasteiger partial charge on any atom is 0.195 e. The molecule has 0 fully saturated rings. The van der Waals surface area contributed by atoms with Gasteiger partial charge < -0.3 is 5.11 Å². The van der Waals surface area contributed by atoms with Crippen LogP contribution in [-0.4, -0.2) is 17.6 Å². The minimum Gasteiger partial charge on any atom is -0.507 e. The van der Waals surface area contributed by atoms with Crippen LogP contribution < -0.4 is 5.14 Å². The van der Waals surface area contributed by atoms with Crippen molar-refractivity contribution < 1.29 is 9.32 Å². The third kappa shape index (κ3) is 3.85. The van der Waals surface area contributed by atoms with Gasteiger partial charge in [0.1, 0.15) is 19.9 Å². The van der Waals surface area contributed by atoms with Crippen LogP contribution in [-0.2, 0) is 9.92 Å². The van der Waals surface area contributed by atoms with Gasteiger partial charge in [0.2, 0.25) is 0 Å². The Morgan fingerprint density at radius 3 is 2.35 bits per heavy atom. The lowest BCUT2D eigenvalue weighted by Gasteiger charge is -2.32. The monoisotopic (exact) mass is 368 g/mol. The predicted octanol–water partition coefficient (Wildman–Crippen LogP) is 4.83. The number of nitrogens with zero attached hydrogens (tertiary/aromatic N) is 1. The molecule has 2 rings (SSSR count). The Balaban J connectivity index is 2.48. The molecule has 7 heteroatoms. The zero-order valence-corrected chi connectivity index (χ0v) is 16.8. The summed E-state index contributed by atoms with van der Waals surface area (Å²) >= 11 is 1.33. The van der Waals surface area contributed by atoms with Crippen LogP contribution in [0.15, 0.2) is 44.6 Å². The van der Waals surface area contributed by atoms with Crippen LogP contribution in [0, 0.1) is 0 Å². The maximum absolute atomic E-state index is 13.0. The molecule has 0 amide bonds. The van der Waals surface area contributed by atoms with Crippen molar-refractivity contribution in [3.05, 3.63) is 36.4 Å². The average molecular weight is 369 g/mol. The Morgan fingerprint density at radius 2 is 1.78 bits per heavy atom. The molecule has 23 heavy (non-hydrogen) atoms. The number of aromatic hydroxyl groups is 1. The summed E-state index contributed by atoms with van der Waals surface area (Å²) in [7, 11) is -5.05. The van der Waals surface area contributed by atoms with Gasteiger partial charge in [-0.05, 0) is 42.4 Å². The number of rotatable bonds is 3. The van der Waals surface area contributed by atoms with Crippen LogP contribution in [0.2, 0.25) is 18.1 Å². The number of nitrogens with two attached hydrogens (primary N) is 1. The third-order valence-electron chi connectivity index (χ3n) is 4.24. The molecule has 0 radical (unpaired) electrons. The summed E-state index contributed by atoms with van der Waals surface area (Å²) < 4.78 is 18.1. The smallest absolute Gasteiger partial charge is 0.195 e. The Morgan fingerprint density at radius 1 is 1.17 bits per heavy atom. The minimum atomic E-state index is -2.93. The molecule has 126 valence electrons. The summed E-state index contributed by atoms with van der Waals surface area (Å²) in [6.07, 6.45) is 0. The first-order valence-corrected chi connectivity index (χ1v) is 12.7. The molecule has 3 N–H and O–H groups in total. The Labute approximate surface area is 143 Å². The summed E-state index contributed by atoms with van der Waals surface area (Å²) in [5.74, 6) is 0.200. The van der Waals surface area contributed by atoms with Crippen LogP contribution in [0.4, 0.5) is 0 Å². The summed E-state index contributed by atoms with van der Waals surface area (Å²) in [5.41, 5.74) is 0.714. The van der Waals surface area contributed by atoms with E-state index in [1.165, 1.54) is 11.3 Å². The lowest BCUT2D eigenvalue weighted by molar-refractivity contribution is 0.477. The van der Waals surface area contributed by atoms with E-state index in [1.54, 1.807) is 18.2 Å². The van der Waals surface area contributed by atoms with Gasteiger partial charge in [0, 0.05) is 10.4 Å². The molecule has 0 spiro atoms. The topological polar surface area (TPSA) is 75.7 Å². The van der Waals surface area contributed by atoms with Crippen LogP contribution in [0.1, 0.15) is 20.8 Å². The van der Waals surface area contributed by atoms with Gasteiger partial charge in [0.25, 0.3) is 0 Å². The van der Waals surface area contributed by atoms with Crippen molar-refractivity contribution in [1.82, 2.24) is 0 Å². The van der Waals surface area contributed by atoms with E-state index in [2.05, 4.69) is 37.9 Å². The van der Waals surface area contributed by atoms with Crippen molar-refractivity contribution >= 4 is 29.5 Å². The quantitative estimate of drug-likeness (QED) is 0.762. The van der Waals surface area contributed by atoms with Crippen LogP contribution >= 0.6 is 11.3 Å². The molecule has 0 bridgehead atoms. The number of hydrogen-bond acceptors (Lipinski definition) is 4. The fourth-order valence-electron chi connectivity index (χ4n) is 1.83. The highest BCUT2D eigenvalue weighted by molar-refractivity contribution is 7.94. The Bertz CT molecular complexity index is 829. The highest BCUT2D eigenvalue weighted by Crippen LogP contribution is 2.39. The molecule has 1 aromatic carbocycles. The number of phenols is 1. The molecule has 1 unspecified atom stereocenters. The van der Waals surface area contributed by atoms with E-state index >= 15 is 0 Å². The van der Waals surface area contributed by atoms with Crippen molar-refractivity contribution in [2.45, 2.75) is 43.1 Å². The molecule has 1 aromatic heterocycles. The first-order valence-electron chi connectivity index (χ1n) is 7.38. The van der Waals surface area contributed by atoms with Crippen molar-refractivity contribution in [2.24, 2.45) is 9.17 Å². The number of para-hydroxylation sites is 1. The van der Waals surface area contributed by atoms with E-state index < -0.39 is 18.2 Å². The normalized spacial score (nSPS) is 15.2. The van der Waals surface area contributed by atoms with Gasteiger partial charge in [-0.2, -0.15) is 0 Å². The van der Waals surface area contributed by atoms with E-state index in [4.69, 9.17) is 5.14 Å². The van der Waals surface area contributed by atoms with Crippen molar-refractivity contribution in [2.75, 3.05) is 0 Å². The van der Waals surface area contributed by atoms with E-state index in [9.17, 15) is 9.32 Å². The maximum atomic E-state index is 13.0. The molecule has 0 saturated carbocycles. The Kier molecular flexibility index (Phi) is 4.78. The van der Waals surface area contributed by atoms with Gasteiger partial charge >= 0.3 is 0 Å². The van der Waals surface area contributed by atoms with Gasteiger partial charge in [-0.3, -0.25) is 4.03 Å². The fourth-order valence-corrected chi connectivity index (χ4v) is 8.11. The highest BCUT2D eigenvalue weighted by atomic mass is 32.2. The van der Waals surface area contributed by atoms with E-state index in [0.29, 0.717) is 9.77 Å². The van der Waals surface area contributed by atoms with Crippen molar-refractivity contribution in [3.8, 4) is 16.2 Å².